The Balaban J connectivity index is 0.00000169. The van der Waals surface area contributed by atoms with Gasteiger partial charge >= 0.3 is 0 Å². The van der Waals surface area contributed by atoms with Crippen LogP contribution < -0.4 is 0 Å². The van der Waals surface area contributed by atoms with Crippen molar-refractivity contribution in [2.45, 2.75) is 25.8 Å². The van der Waals surface area contributed by atoms with Crippen LogP contribution in [-0.2, 0) is 17.2 Å². The monoisotopic (exact) mass is 238 g/mol. The number of ether oxygens (including phenoxy) is 1. The van der Waals surface area contributed by atoms with Crippen LogP contribution in [0.3, 0.4) is 0 Å². The molecule has 0 bridgehead atoms. The number of hydrogen-bond donors (Lipinski definition) is 0. The van der Waals surface area contributed by atoms with Crippen LogP contribution in [-0.4, -0.2) is 22.8 Å². The molecule has 1 heterocycles. The van der Waals surface area contributed by atoms with Crippen molar-refractivity contribution in [2.75, 3.05) is 13.2 Å². The zero-order chi connectivity index (χ0) is 9.52. The summed E-state index contributed by atoms with van der Waals surface area (Å²) in [5.74, 6) is 0.522. The predicted molar refractivity (Wildman–Crippen MR) is 60.1 cm³/mol. The molecular formula is C9H16Cl2N2O. The number of alkyl halides is 1. The molecular weight excluding hydrogens is 223 g/mol. The first-order valence-corrected chi connectivity index (χ1v) is 5.04. The highest BCUT2D eigenvalue weighted by atomic mass is 35.5. The quantitative estimate of drug-likeness (QED) is 0.563. The second-order valence-electron chi connectivity index (χ2n) is 2.76. The van der Waals surface area contributed by atoms with E-state index in [1.54, 1.807) is 6.20 Å². The molecule has 0 radical (unpaired) electrons. The van der Waals surface area contributed by atoms with Crippen molar-refractivity contribution in [3.05, 3.63) is 18.2 Å². The fourth-order valence-electron chi connectivity index (χ4n) is 1.14. The molecule has 1 aromatic heterocycles. The van der Waals surface area contributed by atoms with E-state index >= 15 is 0 Å². The first-order chi connectivity index (χ1) is 6.38. The van der Waals surface area contributed by atoms with Gasteiger partial charge in [-0.1, -0.05) is 0 Å². The third kappa shape index (κ3) is 4.31. The lowest BCUT2D eigenvalue weighted by atomic mass is 10.4. The maximum Gasteiger partial charge on any atom is 0.0948 e. The van der Waals surface area contributed by atoms with Crippen LogP contribution >= 0.6 is 24.0 Å². The van der Waals surface area contributed by atoms with Gasteiger partial charge in [-0.3, -0.25) is 0 Å². The average Bonchev–Trinajstić information content (AvgIpc) is 2.60. The highest BCUT2D eigenvalue weighted by molar-refractivity contribution is 6.16. The van der Waals surface area contributed by atoms with Gasteiger partial charge in [-0.2, -0.15) is 0 Å². The van der Waals surface area contributed by atoms with Gasteiger partial charge in [-0.05, 0) is 13.3 Å². The minimum atomic E-state index is 0. The van der Waals surface area contributed by atoms with Gasteiger partial charge in [0.05, 0.1) is 17.9 Å². The van der Waals surface area contributed by atoms with Crippen molar-refractivity contribution in [3.63, 3.8) is 0 Å². The van der Waals surface area contributed by atoms with Gasteiger partial charge < -0.3 is 9.30 Å². The lowest BCUT2D eigenvalue weighted by Gasteiger charge is -2.05. The summed E-state index contributed by atoms with van der Waals surface area (Å²) in [5, 5.41) is 0. The van der Waals surface area contributed by atoms with Gasteiger partial charge in [-0.25, -0.2) is 4.98 Å². The molecule has 82 valence electrons. The van der Waals surface area contributed by atoms with Gasteiger partial charge in [0.2, 0.25) is 0 Å². The molecule has 5 heteroatoms. The zero-order valence-electron chi connectivity index (χ0n) is 8.28. The van der Waals surface area contributed by atoms with Crippen LogP contribution in [0.2, 0.25) is 0 Å². The highest BCUT2D eigenvalue weighted by Crippen LogP contribution is 2.03. The zero-order valence-corrected chi connectivity index (χ0v) is 9.85. The van der Waals surface area contributed by atoms with Crippen LogP contribution in [0, 0.1) is 0 Å². The van der Waals surface area contributed by atoms with Crippen LogP contribution in [0.5, 0.6) is 0 Å². The Morgan fingerprint density at radius 1 is 1.57 bits per heavy atom. The molecule has 0 saturated carbocycles. The van der Waals surface area contributed by atoms with E-state index in [2.05, 4.69) is 9.55 Å². The maximum atomic E-state index is 5.72. The van der Waals surface area contributed by atoms with Gasteiger partial charge in [0.25, 0.3) is 0 Å². The van der Waals surface area contributed by atoms with Gasteiger partial charge in [0, 0.05) is 26.0 Å². The number of aromatic nitrogens is 2. The Bertz CT molecular complexity index is 240. The molecule has 0 aliphatic rings. The number of hydrogen-bond acceptors (Lipinski definition) is 2. The van der Waals surface area contributed by atoms with E-state index in [4.69, 9.17) is 16.3 Å². The minimum Gasteiger partial charge on any atom is -0.382 e. The maximum absolute atomic E-state index is 5.72. The van der Waals surface area contributed by atoms with Crippen molar-refractivity contribution >= 4 is 24.0 Å². The van der Waals surface area contributed by atoms with E-state index in [-0.39, 0.29) is 12.4 Å². The molecule has 0 spiro atoms. The molecule has 0 aromatic carbocycles. The van der Waals surface area contributed by atoms with Gasteiger partial charge in [0.1, 0.15) is 0 Å². The summed E-state index contributed by atoms with van der Waals surface area (Å²) < 4.78 is 7.30. The Hall–Kier alpha value is -0.250. The summed E-state index contributed by atoms with van der Waals surface area (Å²) in [6.07, 6.45) is 4.62. The van der Waals surface area contributed by atoms with Gasteiger partial charge in [0.15, 0.2) is 0 Å². The Morgan fingerprint density at radius 3 is 3.00 bits per heavy atom. The van der Waals surface area contributed by atoms with Gasteiger partial charge in [-0.15, -0.1) is 24.0 Å². The lowest BCUT2D eigenvalue weighted by Crippen LogP contribution is -2.04. The third-order valence-electron chi connectivity index (χ3n) is 1.83. The molecule has 1 aromatic rings. The molecule has 0 atom stereocenters. The Labute approximate surface area is 95.8 Å². The van der Waals surface area contributed by atoms with E-state index in [0.29, 0.717) is 5.88 Å². The Kier molecular flexibility index (Phi) is 7.95. The SMILES string of the molecule is CCOCCCn1cncc1CCl.Cl. The van der Waals surface area contributed by atoms with Crippen molar-refractivity contribution in [3.8, 4) is 0 Å². The smallest absolute Gasteiger partial charge is 0.0948 e. The van der Waals surface area contributed by atoms with Crippen LogP contribution in [0.4, 0.5) is 0 Å². The van der Waals surface area contributed by atoms with E-state index < -0.39 is 0 Å². The fourth-order valence-corrected chi connectivity index (χ4v) is 1.36. The first-order valence-electron chi connectivity index (χ1n) is 4.51. The first kappa shape index (κ1) is 13.8. The highest BCUT2D eigenvalue weighted by Gasteiger charge is 1.98. The number of nitrogens with zero attached hydrogens (tertiary/aromatic N) is 2. The molecule has 14 heavy (non-hydrogen) atoms. The molecule has 0 aliphatic carbocycles. The summed E-state index contributed by atoms with van der Waals surface area (Å²) in [7, 11) is 0. The van der Waals surface area contributed by atoms with E-state index in [1.165, 1.54) is 0 Å². The summed E-state index contributed by atoms with van der Waals surface area (Å²) >= 11 is 5.72. The normalized spacial score (nSPS) is 9.86. The summed E-state index contributed by atoms with van der Waals surface area (Å²) in [5.41, 5.74) is 1.07. The van der Waals surface area contributed by atoms with Crippen LogP contribution in [0.15, 0.2) is 12.5 Å². The molecule has 0 amide bonds. The fraction of sp³-hybridized carbons (Fsp3) is 0.667. The number of rotatable bonds is 6. The van der Waals surface area contributed by atoms with Crippen LogP contribution in [0.25, 0.3) is 0 Å². The van der Waals surface area contributed by atoms with Crippen LogP contribution in [0.1, 0.15) is 19.0 Å². The van der Waals surface area contributed by atoms with E-state index in [9.17, 15) is 0 Å². The molecule has 3 nitrogen and oxygen atoms in total. The molecule has 0 unspecified atom stereocenters. The van der Waals surface area contributed by atoms with Crippen molar-refractivity contribution < 1.29 is 4.74 Å². The molecule has 0 fully saturated rings. The summed E-state index contributed by atoms with van der Waals surface area (Å²) in [6.45, 7) is 4.52. The second kappa shape index (κ2) is 8.09. The van der Waals surface area contributed by atoms with E-state index in [0.717, 1.165) is 31.9 Å². The number of halogens is 2. The topological polar surface area (TPSA) is 27.1 Å². The van der Waals surface area contributed by atoms with Crippen molar-refractivity contribution in [2.24, 2.45) is 0 Å². The minimum absolute atomic E-state index is 0. The number of aryl methyl sites for hydroxylation is 1. The summed E-state index contributed by atoms with van der Waals surface area (Å²) in [6, 6.07) is 0. The Morgan fingerprint density at radius 2 is 2.36 bits per heavy atom. The number of imidazole rings is 1. The van der Waals surface area contributed by atoms with Crippen molar-refractivity contribution in [1.82, 2.24) is 9.55 Å². The standard InChI is InChI=1S/C9H15ClN2O.ClH/c1-2-13-5-3-4-12-8-11-7-9(12)6-10;/h7-8H,2-6H2,1H3;1H. The summed E-state index contributed by atoms with van der Waals surface area (Å²) in [4.78, 5) is 4.03. The largest absolute Gasteiger partial charge is 0.382 e. The molecule has 0 N–H and O–H groups in total. The lowest BCUT2D eigenvalue weighted by molar-refractivity contribution is 0.141. The van der Waals surface area contributed by atoms with E-state index in [1.807, 2.05) is 13.3 Å². The molecule has 1 rings (SSSR count). The molecule has 0 aliphatic heterocycles. The predicted octanol–water partition coefficient (Wildman–Crippen LogP) is 2.47. The average molecular weight is 239 g/mol. The molecule has 0 saturated heterocycles. The van der Waals surface area contributed by atoms with Crippen molar-refractivity contribution in [1.29, 1.82) is 0 Å². The third-order valence-corrected chi connectivity index (χ3v) is 2.10. The second-order valence-corrected chi connectivity index (χ2v) is 3.03.